The van der Waals surface area contributed by atoms with E-state index in [4.69, 9.17) is 44.3 Å². The highest BCUT2D eigenvalue weighted by Gasteiger charge is 2.40. The van der Waals surface area contributed by atoms with Gasteiger partial charge in [0.15, 0.2) is 0 Å². The maximum absolute atomic E-state index is 12.7. The lowest BCUT2D eigenvalue weighted by Crippen LogP contribution is -2.33. The molecule has 1 aliphatic rings. The quantitative estimate of drug-likeness (QED) is 0.479. The molecule has 0 amide bonds. The third kappa shape index (κ3) is 4.84. The van der Waals surface area contributed by atoms with E-state index in [1.165, 1.54) is 7.11 Å². The lowest BCUT2D eigenvalue weighted by molar-refractivity contribution is -0.142. The van der Waals surface area contributed by atoms with Gasteiger partial charge in [0, 0.05) is 27.6 Å². The van der Waals surface area contributed by atoms with Crippen molar-refractivity contribution in [3.05, 3.63) is 45.1 Å². The number of carbonyl (C=O) groups is 2. The average Bonchev–Trinajstić information content (AvgIpc) is 2.63. The number of esters is 2. The number of hydrogen-bond acceptors (Lipinski definition) is 5. The molecule has 0 fully saturated rings. The summed E-state index contributed by atoms with van der Waals surface area (Å²) in [5.74, 6) is -1.91. The topological polar surface area (TPSA) is 65.0 Å². The molecule has 0 saturated carbocycles. The lowest BCUT2D eigenvalue weighted by atomic mass is 9.74. The number of nitrogens with zero attached hydrogens (tertiary/aromatic N) is 1. The van der Waals surface area contributed by atoms with Crippen molar-refractivity contribution in [1.29, 1.82) is 0 Å². The summed E-state index contributed by atoms with van der Waals surface area (Å²) in [6.07, 6.45) is 0.0356. The molecule has 27 heavy (non-hydrogen) atoms. The third-order valence-electron chi connectivity index (χ3n) is 4.41. The normalized spacial score (nSPS) is 19.6. The van der Waals surface area contributed by atoms with E-state index in [9.17, 15) is 9.59 Å². The monoisotopic (exact) mass is 431 g/mol. The van der Waals surface area contributed by atoms with E-state index in [1.807, 2.05) is 0 Å². The maximum Gasteiger partial charge on any atom is 0.336 e. The number of aliphatic imine (C=N–C) groups is 1. The van der Waals surface area contributed by atoms with Crippen molar-refractivity contribution in [3.8, 4) is 0 Å². The van der Waals surface area contributed by atoms with Gasteiger partial charge >= 0.3 is 11.9 Å². The van der Waals surface area contributed by atoms with Crippen LogP contribution in [0.15, 0.2) is 34.5 Å². The first-order valence-corrected chi connectivity index (χ1v) is 9.66. The fourth-order valence-electron chi connectivity index (χ4n) is 3.19. The Hall–Kier alpha value is -1.56. The molecule has 0 aliphatic carbocycles. The summed E-state index contributed by atoms with van der Waals surface area (Å²) in [6.45, 7) is 3.70. The largest absolute Gasteiger partial charge is 0.469 e. The maximum atomic E-state index is 12.7. The molecule has 0 bridgehead atoms. The third-order valence-corrected chi connectivity index (χ3v) is 5.22. The Morgan fingerprint density at radius 2 is 1.96 bits per heavy atom. The molecular weight excluding hydrogens is 413 g/mol. The van der Waals surface area contributed by atoms with Crippen LogP contribution in [0.25, 0.3) is 0 Å². The Morgan fingerprint density at radius 1 is 1.26 bits per heavy atom. The van der Waals surface area contributed by atoms with Crippen LogP contribution in [-0.2, 0) is 19.1 Å². The molecule has 146 valence electrons. The lowest BCUT2D eigenvalue weighted by Gasteiger charge is -2.33. The smallest absolute Gasteiger partial charge is 0.336 e. The summed E-state index contributed by atoms with van der Waals surface area (Å²) >= 11 is 18.5. The van der Waals surface area contributed by atoms with Gasteiger partial charge in [-0.3, -0.25) is 9.79 Å². The van der Waals surface area contributed by atoms with Gasteiger partial charge in [0.25, 0.3) is 0 Å². The second kappa shape index (κ2) is 9.58. The van der Waals surface area contributed by atoms with Crippen molar-refractivity contribution in [1.82, 2.24) is 0 Å². The van der Waals surface area contributed by atoms with Crippen molar-refractivity contribution in [2.75, 3.05) is 19.6 Å². The Kier molecular flexibility index (Phi) is 7.71. The van der Waals surface area contributed by atoms with Crippen molar-refractivity contribution < 1.29 is 19.1 Å². The molecular formula is C19H20Cl3NO4. The highest BCUT2D eigenvalue weighted by molar-refractivity contribution is 6.35. The van der Waals surface area contributed by atoms with Gasteiger partial charge in [-0.2, -0.15) is 0 Å². The van der Waals surface area contributed by atoms with Crippen LogP contribution in [-0.4, -0.2) is 37.2 Å². The van der Waals surface area contributed by atoms with Gasteiger partial charge < -0.3 is 9.47 Å². The van der Waals surface area contributed by atoms with E-state index < -0.39 is 23.8 Å². The summed E-state index contributed by atoms with van der Waals surface area (Å²) in [5.41, 5.74) is 2.02. The van der Waals surface area contributed by atoms with Crippen LogP contribution in [0.4, 0.5) is 0 Å². The zero-order chi connectivity index (χ0) is 20.1. The summed E-state index contributed by atoms with van der Waals surface area (Å²) in [4.78, 5) is 29.2. The Labute approximate surface area is 173 Å². The molecule has 1 heterocycles. The molecule has 2 atom stereocenters. The van der Waals surface area contributed by atoms with E-state index in [0.29, 0.717) is 32.6 Å². The number of alkyl halides is 1. The van der Waals surface area contributed by atoms with Crippen molar-refractivity contribution >= 4 is 52.5 Å². The van der Waals surface area contributed by atoms with E-state index in [1.54, 1.807) is 32.0 Å². The summed E-state index contributed by atoms with van der Waals surface area (Å²) in [6, 6.07) is 5.02. The number of methoxy groups -OCH3 is 1. The summed E-state index contributed by atoms with van der Waals surface area (Å²) in [7, 11) is 1.31. The Balaban J connectivity index is 2.68. The van der Waals surface area contributed by atoms with Gasteiger partial charge in [-0.05, 0) is 31.5 Å². The molecule has 8 heteroatoms. The molecule has 1 aromatic carbocycles. The number of rotatable bonds is 6. The van der Waals surface area contributed by atoms with E-state index in [2.05, 4.69) is 4.99 Å². The van der Waals surface area contributed by atoms with Crippen LogP contribution in [0, 0.1) is 5.92 Å². The molecule has 1 aliphatic heterocycles. The Bertz CT molecular complexity index is 804. The van der Waals surface area contributed by atoms with Crippen LogP contribution in [0.2, 0.25) is 10.0 Å². The zero-order valence-electron chi connectivity index (χ0n) is 15.2. The second-order valence-electron chi connectivity index (χ2n) is 6.00. The van der Waals surface area contributed by atoms with Gasteiger partial charge in [-0.15, -0.1) is 11.6 Å². The molecule has 5 nitrogen and oxygen atoms in total. The predicted octanol–water partition coefficient (Wildman–Crippen LogP) is 4.79. The molecule has 0 radical (unpaired) electrons. The molecule has 2 rings (SSSR count). The SMILES string of the molecule is CCOC(=O)C1=C(CCl)N=C(C)C(CC(=O)OC)C1c1ccc(Cl)cc1Cl. The van der Waals surface area contributed by atoms with E-state index >= 15 is 0 Å². The summed E-state index contributed by atoms with van der Waals surface area (Å²) in [5, 5.41) is 0.849. The van der Waals surface area contributed by atoms with Crippen molar-refractivity contribution in [2.45, 2.75) is 26.2 Å². The molecule has 1 aromatic rings. The number of hydrogen-bond donors (Lipinski definition) is 0. The predicted molar refractivity (Wildman–Crippen MR) is 107 cm³/mol. The minimum atomic E-state index is -0.556. The molecule has 0 aromatic heterocycles. The first-order chi connectivity index (χ1) is 12.8. The van der Waals surface area contributed by atoms with E-state index in [-0.39, 0.29) is 18.9 Å². The fraction of sp³-hybridized carbons (Fsp3) is 0.421. The van der Waals surface area contributed by atoms with Crippen LogP contribution < -0.4 is 0 Å². The second-order valence-corrected chi connectivity index (χ2v) is 7.11. The van der Waals surface area contributed by atoms with Crippen LogP contribution >= 0.6 is 34.8 Å². The fourth-order valence-corrected chi connectivity index (χ4v) is 3.92. The van der Waals surface area contributed by atoms with Crippen molar-refractivity contribution in [3.63, 3.8) is 0 Å². The summed E-state index contributed by atoms with van der Waals surface area (Å²) < 4.78 is 10.1. The number of halogens is 3. The van der Waals surface area contributed by atoms with E-state index in [0.717, 1.165) is 0 Å². The van der Waals surface area contributed by atoms with Crippen LogP contribution in [0.5, 0.6) is 0 Å². The molecule has 0 saturated heterocycles. The standard InChI is InChI=1S/C19H20Cl3NO4/c1-4-27-19(25)18-15(9-20)23-10(2)13(8-16(24)26-3)17(18)12-6-5-11(21)7-14(12)22/h5-7,13,17H,4,8-9H2,1-3H3. The van der Waals surface area contributed by atoms with Gasteiger partial charge in [0.2, 0.25) is 0 Å². The zero-order valence-corrected chi connectivity index (χ0v) is 17.5. The van der Waals surface area contributed by atoms with Crippen molar-refractivity contribution in [2.24, 2.45) is 10.9 Å². The first kappa shape index (κ1) is 21.7. The molecule has 0 N–H and O–H groups in total. The van der Waals surface area contributed by atoms with Gasteiger partial charge in [-0.25, -0.2) is 4.79 Å². The average molecular weight is 433 g/mol. The number of ether oxygens (including phenoxy) is 2. The molecule has 0 spiro atoms. The van der Waals surface area contributed by atoms with Crippen LogP contribution in [0.3, 0.4) is 0 Å². The highest BCUT2D eigenvalue weighted by Crippen LogP contribution is 2.44. The molecule has 2 unspecified atom stereocenters. The van der Waals surface area contributed by atoms with Gasteiger partial charge in [0.05, 0.1) is 37.3 Å². The minimum Gasteiger partial charge on any atom is -0.469 e. The van der Waals surface area contributed by atoms with Crippen LogP contribution in [0.1, 0.15) is 31.7 Å². The Morgan fingerprint density at radius 3 is 2.52 bits per heavy atom. The first-order valence-electron chi connectivity index (χ1n) is 8.37. The number of carbonyl (C=O) groups excluding carboxylic acids is 2. The van der Waals surface area contributed by atoms with Gasteiger partial charge in [0.1, 0.15) is 0 Å². The highest BCUT2D eigenvalue weighted by atomic mass is 35.5. The minimum absolute atomic E-state index is 0.0259. The number of benzene rings is 1. The number of allylic oxidation sites excluding steroid dienone is 1. The van der Waals surface area contributed by atoms with Gasteiger partial charge in [-0.1, -0.05) is 29.3 Å².